The van der Waals surface area contributed by atoms with Crippen LogP contribution in [0, 0.1) is 5.21 Å². The Balaban J connectivity index is 1.47. The van der Waals surface area contributed by atoms with Crippen LogP contribution in [-0.2, 0) is 11.2 Å². The molecule has 4 rings (SSSR count). The molecule has 0 bridgehead atoms. The van der Waals surface area contributed by atoms with Gasteiger partial charge in [-0.2, -0.15) is 0 Å². The fourth-order valence-electron chi connectivity index (χ4n) is 4.69. The summed E-state index contributed by atoms with van der Waals surface area (Å²) < 4.78 is 0. The van der Waals surface area contributed by atoms with Gasteiger partial charge in [-0.25, -0.2) is 10.2 Å². The lowest BCUT2D eigenvalue weighted by Gasteiger charge is -2.40. The van der Waals surface area contributed by atoms with Crippen LogP contribution in [0.2, 0.25) is 5.02 Å². The second kappa shape index (κ2) is 11.1. The largest absolute Gasteiger partial charge is 0.603 e. The van der Waals surface area contributed by atoms with Crippen molar-refractivity contribution in [2.24, 2.45) is 0 Å². The SMILES string of the molecule is CCCC(=O)NCCN1CCC[C@@H]1CN1C=C(Cc2ccc(Cl)cc2)c2ccncc2[NH+]1[O-]. The predicted molar refractivity (Wildman–Crippen MR) is 131 cm³/mol. The number of carbonyl (C=O) groups excluding carboxylic acids is 1. The molecule has 33 heavy (non-hydrogen) atoms. The van der Waals surface area contributed by atoms with Crippen molar-refractivity contribution >= 4 is 28.8 Å². The van der Waals surface area contributed by atoms with Crippen LogP contribution < -0.4 is 10.5 Å². The number of allylic oxidation sites excluding steroid dienone is 1. The van der Waals surface area contributed by atoms with Crippen molar-refractivity contribution in [3.8, 4) is 0 Å². The highest BCUT2D eigenvalue weighted by Gasteiger charge is 2.31. The molecule has 2 aliphatic rings. The van der Waals surface area contributed by atoms with Crippen LogP contribution in [0.4, 0.5) is 5.69 Å². The van der Waals surface area contributed by atoms with Gasteiger partial charge in [0.15, 0.2) is 5.69 Å². The molecule has 0 radical (unpaired) electrons. The zero-order valence-corrected chi connectivity index (χ0v) is 19.9. The summed E-state index contributed by atoms with van der Waals surface area (Å²) >= 11 is 6.05. The number of carbonyl (C=O) groups is 1. The summed E-state index contributed by atoms with van der Waals surface area (Å²) in [6.45, 7) is 5.10. The van der Waals surface area contributed by atoms with Crippen LogP contribution in [-0.4, -0.2) is 53.0 Å². The average molecular weight is 470 g/mol. The van der Waals surface area contributed by atoms with Gasteiger partial charge in [0.25, 0.3) is 0 Å². The van der Waals surface area contributed by atoms with Crippen LogP contribution in [0.5, 0.6) is 0 Å². The normalized spacial score (nSPS) is 20.5. The molecule has 2 aliphatic heterocycles. The van der Waals surface area contributed by atoms with E-state index < -0.39 is 0 Å². The van der Waals surface area contributed by atoms with Crippen molar-refractivity contribution in [3.05, 3.63) is 70.3 Å². The molecular weight excluding hydrogens is 438 g/mol. The smallest absolute Gasteiger partial charge is 0.220 e. The Morgan fingerprint density at radius 3 is 2.91 bits per heavy atom. The number of rotatable bonds is 9. The molecule has 1 fully saturated rings. The number of fused-ring (bicyclic) bond motifs is 1. The van der Waals surface area contributed by atoms with Crippen molar-refractivity contribution in [2.75, 3.05) is 26.2 Å². The van der Waals surface area contributed by atoms with Gasteiger partial charge in [-0.1, -0.05) is 30.7 Å². The standard InChI is InChI=1S/C25H32ClN5O2/c1-2-4-25(32)28-12-14-29-13-3-5-22(29)18-30-17-20(15-19-6-8-21(26)9-7-19)23-10-11-27-16-24(23)31(30)33/h6-11,16-17,22,31H,2-5,12-15,18H2,1H3,(H,28,32)/t22-/m1/s1. The van der Waals surface area contributed by atoms with E-state index in [1.807, 2.05) is 48.5 Å². The number of aromatic nitrogens is 1. The second-order valence-corrected chi connectivity index (χ2v) is 9.20. The van der Waals surface area contributed by atoms with Gasteiger partial charge in [0.2, 0.25) is 5.91 Å². The summed E-state index contributed by atoms with van der Waals surface area (Å²) in [6, 6.07) is 10.0. The minimum absolute atomic E-state index is 0.000977. The van der Waals surface area contributed by atoms with Gasteiger partial charge in [-0.3, -0.25) is 14.7 Å². The molecule has 8 heteroatoms. The molecule has 2 N–H and O–H groups in total. The number of hydrogen-bond acceptors (Lipinski definition) is 5. The van der Waals surface area contributed by atoms with Crippen molar-refractivity contribution in [3.63, 3.8) is 0 Å². The number of halogens is 1. The van der Waals surface area contributed by atoms with Crippen LogP contribution in [0.1, 0.15) is 43.7 Å². The van der Waals surface area contributed by atoms with Gasteiger partial charge in [0.05, 0.1) is 18.9 Å². The van der Waals surface area contributed by atoms with E-state index in [4.69, 9.17) is 11.6 Å². The number of benzene rings is 1. The lowest BCUT2D eigenvalue weighted by atomic mass is 9.97. The number of hydrogen-bond donors (Lipinski definition) is 2. The molecule has 3 heterocycles. The first-order valence-corrected chi connectivity index (χ1v) is 12.1. The van der Waals surface area contributed by atoms with Crippen LogP contribution >= 0.6 is 11.6 Å². The molecule has 0 saturated carbocycles. The maximum Gasteiger partial charge on any atom is 0.220 e. The first-order valence-electron chi connectivity index (χ1n) is 11.8. The third kappa shape index (κ3) is 5.92. The van der Waals surface area contributed by atoms with Crippen molar-refractivity contribution < 1.29 is 9.97 Å². The maximum absolute atomic E-state index is 13.3. The van der Waals surface area contributed by atoms with E-state index >= 15 is 0 Å². The Hall–Kier alpha value is -2.45. The maximum atomic E-state index is 13.3. The molecule has 1 unspecified atom stereocenters. The van der Waals surface area contributed by atoms with Gasteiger partial charge < -0.3 is 10.5 Å². The number of nitrogens with zero attached hydrogens (tertiary/aromatic N) is 3. The molecule has 2 atom stereocenters. The first-order chi connectivity index (χ1) is 16.0. The van der Waals surface area contributed by atoms with E-state index in [2.05, 4.69) is 15.2 Å². The monoisotopic (exact) mass is 469 g/mol. The van der Waals surface area contributed by atoms with E-state index in [-0.39, 0.29) is 17.1 Å². The Bertz CT molecular complexity index is 981. The molecule has 1 amide bonds. The molecule has 176 valence electrons. The lowest BCUT2D eigenvalue weighted by Crippen LogP contribution is -3.09. The fourth-order valence-corrected chi connectivity index (χ4v) is 4.82. The van der Waals surface area contributed by atoms with E-state index in [1.165, 1.54) is 0 Å². The predicted octanol–water partition coefficient (Wildman–Crippen LogP) is 2.94. The van der Waals surface area contributed by atoms with Gasteiger partial charge in [-0.05, 0) is 61.6 Å². The fraction of sp³-hybridized carbons (Fsp3) is 0.440. The van der Waals surface area contributed by atoms with Gasteiger partial charge in [0.1, 0.15) is 0 Å². The Morgan fingerprint density at radius 2 is 2.12 bits per heavy atom. The summed E-state index contributed by atoms with van der Waals surface area (Å²) in [5.74, 6) is 0.110. The summed E-state index contributed by atoms with van der Waals surface area (Å²) in [5.41, 5.74) is 3.85. The quantitative estimate of drug-likeness (QED) is 0.552. The third-order valence-corrected chi connectivity index (χ3v) is 6.63. The van der Waals surface area contributed by atoms with Gasteiger partial charge in [0, 0.05) is 42.3 Å². The molecule has 0 aliphatic carbocycles. The van der Waals surface area contributed by atoms with Crippen LogP contribution in [0.25, 0.3) is 5.57 Å². The Morgan fingerprint density at radius 1 is 1.30 bits per heavy atom. The molecular formula is C25H32ClN5O2. The number of quaternary nitrogens is 1. The average Bonchev–Trinajstić information content (AvgIpc) is 3.25. The highest BCUT2D eigenvalue weighted by molar-refractivity contribution is 6.30. The highest BCUT2D eigenvalue weighted by atomic mass is 35.5. The van der Waals surface area contributed by atoms with E-state index in [0.29, 0.717) is 30.2 Å². The zero-order valence-electron chi connectivity index (χ0n) is 19.1. The summed E-state index contributed by atoms with van der Waals surface area (Å²) in [4.78, 5) is 18.4. The number of nitrogens with one attached hydrogen (secondary N) is 2. The van der Waals surface area contributed by atoms with Crippen molar-refractivity contribution in [2.45, 2.75) is 45.1 Å². The van der Waals surface area contributed by atoms with E-state index in [1.54, 1.807) is 12.4 Å². The van der Waals surface area contributed by atoms with Crippen LogP contribution in [0.3, 0.4) is 0 Å². The highest BCUT2D eigenvalue weighted by Crippen LogP contribution is 2.28. The summed E-state index contributed by atoms with van der Waals surface area (Å²) in [5, 5.41) is 18.9. The van der Waals surface area contributed by atoms with E-state index in [9.17, 15) is 10.0 Å². The lowest BCUT2D eigenvalue weighted by molar-refractivity contribution is -0.903. The second-order valence-electron chi connectivity index (χ2n) is 8.77. The van der Waals surface area contributed by atoms with Crippen molar-refractivity contribution in [1.82, 2.24) is 20.2 Å². The molecule has 2 aromatic rings. The number of pyridine rings is 1. The van der Waals surface area contributed by atoms with Gasteiger partial charge >= 0.3 is 0 Å². The minimum Gasteiger partial charge on any atom is -0.603 e. The zero-order chi connectivity index (χ0) is 23.2. The third-order valence-electron chi connectivity index (χ3n) is 6.38. The molecule has 1 aromatic heterocycles. The molecule has 1 saturated heterocycles. The first kappa shape index (κ1) is 23.7. The number of amides is 1. The molecule has 0 spiro atoms. The Kier molecular flexibility index (Phi) is 7.98. The Labute approximate surface area is 200 Å². The minimum atomic E-state index is 0.000977. The molecule has 7 nitrogen and oxygen atoms in total. The molecule has 1 aromatic carbocycles. The van der Waals surface area contributed by atoms with Gasteiger partial charge in [-0.15, -0.1) is 0 Å². The van der Waals surface area contributed by atoms with Crippen molar-refractivity contribution in [1.29, 1.82) is 0 Å². The summed E-state index contributed by atoms with van der Waals surface area (Å²) in [7, 11) is 0. The van der Waals surface area contributed by atoms with E-state index in [0.717, 1.165) is 55.5 Å². The summed E-state index contributed by atoms with van der Waals surface area (Å²) in [6.07, 6.45) is 9.73. The topological polar surface area (TPSA) is 76.0 Å². The number of likely N-dealkylation sites (tertiary alicyclic amines) is 1. The van der Waals surface area contributed by atoms with Crippen LogP contribution in [0.15, 0.2) is 48.9 Å².